The highest BCUT2D eigenvalue weighted by Crippen LogP contribution is 2.27. The first kappa shape index (κ1) is 10.9. The van der Waals surface area contributed by atoms with Gasteiger partial charge in [-0.1, -0.05) is 20.8 Å². The first-order valence-electron chi connectivity index (χ1n) is 3.97. The zero-order valence-electron chi connectivity index (χ0n) is 7.79. The standard InChI is InChI=1S/C10H11F2I/c1-10(2,3)6-4-8(12)9(13)5-7(6)11/h4-5H,1-3H3. The Hall–Kier alpha value is -0.190. The molecule has 0 unspecified atom stereocenters. The number of benzene rings is 1. The summed E-state index contributed by atoms with van der Waals surface area (Å²) in [5.41, 5.74) is 0.0698. The molecule has 1 aromatic carbocycles. The number of hydrogen-bond acceptors (Lipinski definition) is 0. The normalized spacial score (nSPS) is 11.8. The summed E-state index contributed by atoms with van der Waals surface area (Å²) < 4.78 is 26.8. The maximum Gasteiger partial charge on any atom is 0.137 e. The zero-order valence-corrected chi connectivity index (χ0v) is 9.95. The minimum atomic E-state index is -0.355. The van der Waals surface area contributed by atoms with Gasteiger partial charge in [-0.2, -0.15) is 0 Å². The fraction of sp³-hybridized carbons (Fsp3) is 0.400. The Labute approximate surface area is 90.5 Å². The third-order valence-corrected chi connectivity index (χ3v) is 2.64. The molecule has 0 bridgehead atoms. The molecule has 0 nitrogen and oxygen atoms in total. The number of rotatable bonds is 0. The molecule has 0 atom stereocenters. The molecule has 13 heavy (non-hydrogen) atoms. The molecule has 0 aromatic heterocycles. The maximum atomic E-state index is 13.4. The lowest BCUT2D eigenvalue weighted by atomic mass is 9.87. The van der Waals surface area contributed by atoms with Crippen molar-refractivity contribution in [1.29, 1.82) is 0 Å². The second-order valence-corrected chi connectivity index (χ2v) is 5.16. The fourth-order valence-electron chi connectivity index (χ4n) is 1.10. The summed E-state index contributed by atoms with van der Waals surface area (Å²) in [7, 11) is 0. The minimum Gasteiger partial charge on any atom is -0.207 e. The Morgan fingerprint density at radius 1 is 1.08 bits per heavy atom. The van der Waals surface area contributed by atoms with Gasteiger partial charge < -0.3 is 0 Å². The Balaban J connectivity index is 3.32. The van der Waals surface area contributed by atoms with Gasteiger partial charge in [0.05, 0.1) is 3.57 Å². The lowest BCUT2D eigenvalue weighted by molar-refractivity contribution is 0.509. The van der Waals surface area contributed by atoms with Crippen LogP contribution in [-0.2, 0) is 5.41 Å². The second kappa shape index (κ2) is 3.52. The van der Waals surface area contributed by atoms with Crippen LogP contribution in [0.4, 0.5) is 8.78 Å². The number of halogens is 3. The Kier molecular flexibility index (Phi) is 2.95. The molecule has 0 N–H and O–H groups in total. The molecule has 0 amide bonds. The van der Waals surface area contributed by atoms with Crippen LogP contribution in [0.25, 0.3) is 0 Å². The molecule has 0 saturated carbocycles. The van der Waals surface area contributed by atoms with E-state index in [4.69, 9.17) is 0 Å². The van der Waals surface area contributed by atoms with Crippen LogP contribution >= 0.6 is 22.6 Å². The van der Waals surface area contributed by atoms with Crippen LogP contribution < -0.4 is 0 Å². The molecule has 0 radical (unpaired) electrons. The summed E-state index contributed by atoms with van der Waals surface area (Å²) in [5, 5.41) is 0. The molecule has 1 aromatic rings. The molecule has 0 heterocycles. The molecular formula is C10H11F2I. The van der Waals surface area contributed by atoms with Crippen LogP contribution in [0, 0.1) is 15.2 Å². The molecule has 0 saturated heterocycles. The van der Waals surface area contributed by atoms with E-state index in [0.717, 1.165) is 0 Å². The van der Waals surface area contributed by atoms with Crippen LogP contribution in [0.5, 0.6) is 0 Å². The lowest BCUT2D eigenvalue weighted by Gasteiger charge is -2.19. The smallest absolute Gasteiger partial charge is 0.137 e. The quantitative estimate of drug-likeness (QED) is 0.503. The largest absolute Gasteiger partial charge is 0.207 e. The zero-order chi connectivity index (χ0) is 10.2. The van der Waals surface area contributed by atoms with E-state index >= 15 is 0 Å². The van der Waals surface area contributed by atoms with Crippen molar-refractivity contribution in [3.05, 3.63) is 32.9 Å². The maximum absolute atomic E-state index is 13.4. The van der Waals surface area contributed by atoms with Gasteiger partial charge in [0, 0.05) is 0 Å². The van der Waals surface area contributed by atoms with E-state index in [-0.39, 0.29) is 17.0 Å². The Morgan fingerprint density at radius 2 is 1.62 bits per heavy atom. The Bertz CT molecular complexity index is 326. The van der Waals surface area contributed by atoms with E-state index in [1.807, 2.05) is 20.8 Å². The molecule has 0 spiro atoms. The van der Waals surface area contributed by atoms with Crippen LogP contribution in [0.1, 0.15) is 26.3 Å². The summed E-state index contributed by atoms with van der Waals surface area (Å²) >= 11 is 1.78. The van der Waals surface area contributed by atoms with E-state index in [0.29, 0.717) is 9.13 Å². The van der Waals surface area contributed by atoms with Crippen molar-refractivity contribution >= 4 is 22.6 Å². The van der Waals surface area contributed by atoms with Crippen molar-refractivity contribution in [3.8, 4) is 0 Å². The molecular weight excluding hydrogens is 285 g/mol. The van der Waals surface area contributed by atoms with E-state index in [1.54, 1.807) is 22.6 Å². The fourth-order valence-corrected chi connectivity index (χ4v) is 1.53. The lowest BCUT2D eigenvalue weighted by Crippen LogP contribution is -2.14. The van der Waals surface area contributed by atoms with Crippen LogP contribution in [0.15, 0.2) is 12.1 Å². The highest BCUT2D eigenvalue weighted by Gasteiger charge is 2.20. The van der Waals surface area contributed by atoms with Gasteiger partial charge in [-0.3, -0.25) is 0 Å². The summed E-state index contributed by atoms with van der Waals surface area (Å²) in [6, 6.07) is 2.51. The third kappa shape index (κ3) is 2.39. The third-order valence-electron chi connectivity index (χ3n) is 1.82. The first-order valence-corrected chi connectivity index (χ1v) is 5.05. The van der Waals surface area contributed by atoms with E-state index < -0.39 is 0 Å². The van der Waals surface area contributed by atoms with Gasteiger partial charge in [0.15, 0.2) is 0 Å². The van der Waals surface area contributed by atoms with Crippen LogP contribution in [-0.4, -0.2) is 0 Å². The topological polar surface area (TPSA) is 0 Å². The van der Waals surface area contributed by atoms with Crippen molar-refractivity contribution in [2.75, 3.05) is 0 Å². The van der Waals surface area contributed by atoms with Gasteiger partial charge in [0.1, 0.15) is 11.6 Å². The molecule has 0 aliphatic carbocycles. The van der Waals surface area contributed by atoms with Gasteiger partial charge in [0.25, 0.3) is 0 Å². The van der Waals surface area contributed by atoms with E-state index in [2.05, 4.69) is 0 Å². The van der Waals surface area contributed by atoms with Crippen molar-refractivity contribution in [2.45, 2.75) is 26.2 Å². The Morgan fingerprint density at radius 3 is 2.08 bits per heavy atom. The highest BCUT2D eigenvalue weighted by atomic mass is 127. The summed E-state index contributed by atoms with van der Waals surface area (Å²) in [6.45, 7) is 5.58. The summed E-state index contributed by atoms with van der Waals surface area (Å²) in [5.74, 6) is -0.690. The highest BCUT2D eigenvalue weighted by molar-refractivity contribution is 14.1. The SMILES string of the molecule is CC(C)(C)c1cc(F)c(I)cc1F. The van der Waals surface area contributed by atoms with Crippen LogP contribution in [0.2, 0.25) is 0 Å². The predicted molar refractivity (Wildman–Crippen MR) is 57.8 cm³/mol. The molecule has 72 valence electrons. The molecule has 0 aliphatic heterocycles. The van der Waals surface area contributed by atoms with E-state index in [9.17, 15) is 8.78 Å². The van der Waals surface area contributed by atoms with Gasteiger partial charge in [0.2, 0.25) is 0 Å². The van der Waals surface area contributed by atoms with Gasteiger partial charge >= 0.3 is 0 Å². The average Bonchev–Trinajstić information content (AvgIpc) is 1.94. The number of hydrogen-bond donors (Lipinski definition) is 0. The van der Waals surface area contributed by atoms with Gasteiger partial charge in [-0.25, -0.2) is 8.78 Å². The van der Waals surface area contributed by atoms with E-state index in [1.165, 1.54) is 12.1 Å². The average molecular weight is 296 g/mol. The van der Waals surface area contributed by atoms with Gasteiger partial charge in [-0.15, -0.1) is 0 Å². The van der Waals surface area contributed by atoms with Gasteiger partial charge in [-0.05, 0) is 45.7 Å². The monoisotopic (exact) mass is 296 g/mol. The first-order chi connectivity index (χ1) is 5.82. The van der Waals surface area contributed by atoms with Crippen molar-refractivity contribution in [3.63, 3.8) is 0 Å². The molecule has 1 rings (SSSR count). The minimum absolute atomic E-state index is 0.322. The second-order valence-electron chi connectivity index (χ2n) is 4.00. The van der Waals surface area contributed by atoms with Crippen LogP contribution in [0.3, 0.4) is 0 Å². The van der Waals surface area contributed by atoms with Crippen molar-refractivity contribution in [2.24, 2.45) is 0 Å². The molecule has 0 aliphatic rings. The molecule has 3 heteroatoms. The predicted octanol–water partition coefficient (Wildman–Crippen LogP) is 3.87. The van der Waals surface area contributed by atoms with Crippen molar-refractivity contribution < 1.29 is 8.78 Å². The summed E-state index contributed by atoms with van der Waals surface area (Å²) in [6.07, 6.45) is 0. The van der Waals surface area contributed by atoms with Crippen molar-refractivity contribution in [1.82, 2.24) is 0 Å². The summed E-state index contributed by atoms with van der Waals surface area (Å²) in [4.78, 5) is 0. The molecule has 0 fully saturated rings.